The number of halogens is 3. The Balaban J connectivity index is 2.31. The van der Waals surface area contributed by atoms with Gasteiger partial charge in [-0.15, -0.1) is 10.2 Å². The third kappa shape index (κ3) is 3.73. The first-order valence-electron chi connectivity index (χ1n) is 5.28. The van der Waals surface area contributed by atoms with Gasteiger partial charge in [-0.1, -0.05) is 27.4 Å². The molecule has 1 aromatic heterocycles. The fourth-order valence-corrected chi connectivity index (χ4v) is 2.76. The summed E-state index contributed by atoms with van der Waals surface area (Å²) in [4.78, 5) is 12.1. The van der Waals surface area contributed by atoms with Crippen molar-refractivity contribution in [3.05, 3.63) is 38.5 Å². The summed E-state index contributed by atoms with van der Waals surface area (Å²) in [5.41, 5.74) is 0.123. The van der Waals surface area contributed by atoms with E-state index < -0.39 is 15.9 Å². The second-order valence-corrected chi connectivity index (χ2v) is 7.29. The molecule has 0 spiro atoms. The van der Waals surface area contributed by atoms with E-state index in [1.165, 1.54) is 12.1 Å². The van der Waals surface area contributed by atoms with Gasteiger partial charge in [0.05, 0.1) is 17.0 Å². The molecule has 1 N–H and O–H groups in total. The summed E-state index contributed by atoms with van der Waals surface area (Å²) in [6, 6.07) is 4.52. The minimum Gasteiger partial charge on any atom is -0.319 e. The van der Waals surface area contributed by atoms with Gasteiger partial charge in [-0.3, -0.25) is 4.79 Å². The van der Waals surface area contributed by atoms with Gasteiger partial charge in [0.2, 0.25) is 0 Å². The number of nitrogens with one attached hydrogen (secondary N) is 1. The second kappa shape index (κ2) is 5.91. The number of anilines is 1. The van der Waals surface area contributed by atoms with Crippen LogP contribution in [0.3, 0.4) is 0 Å². The third-order valence-electron chi connectivity index (χ3n) is 2.25. The number of aromatic nitrogens is 3. The molecule has 1 amide bonds. The van der Waals surface area contributed by atoms with Crippen LogP contribution < -0.4 is 5.32 Å². The molecular formula is C10H7BrCl2N4O3S. The number of amides is 1. The molecule has 2 aromatic rings. The van der Waals surface area contributed by atoms with Gasteiger partial charge >= 0.3 is 0 Å². The summed E-state index contributed by atoms with van der Waals surface area (Å²) in [7, 11) is -3.68. The van der Waals surface area contributed by atoms with Crippen LogP contribution in [0.2, 0.25) is 10.0 Å². The molecule has 0 bridgehead atoms. The van der Waals surface area contributed by atoms with Crippen molar-refractivity contribution >= 4 is 60.7 Å². The van der Waals surface area contributed by atoms with E-state index in [-0.39, 0.29) is 15.3 Å². The van der Waals surface area contributed by atoms with Crippen LogP contribution in [0.15, 0.2) is 22.8 Å². The van der Waals surface area contributed by atoms with Gasteiger partial charge in [0, 0.05) is 5.02 Å². The number of nitrogens with zero attached hydrogens (tertiary/aromatic N) is 3. The highest BCUT2D eigenvalue weighted by atomic mass is 79.9. The number of carbonyl (C=O) groups excluding carboxylic acids is 1. The average Bonchev–Trinajstić information content (AvgIpc) is 2.75. The lowest BCUT2D eigenvalue weighted by Crippen LogP contribution is -2.17. The van der Waals surface area contributed by atoms with E-state index in [1.807, 2.05) is 0 Å². The standard InChI is InChI=1S/C10H7BrCl2N4O3S/c1-21(19,20)17-15-8(9(11)16-17)10(18)14-7-3-2-5(12)4-6(7)13/h2-4H,1H3,(H,14,18). The molecule has 0 radical (unpaired) electrons. The predicted octanol–water partition coefficient (Wildman–Crippen LogP) is 2.41. The van der Waals surface area contributed by atoms with Crippen molar-refractivity contribution in [2.75, 3.05) is 11.6 Å². The zero-order chi connectivity index (χ0) is 15.8. The van der Waals surface area contributed by atoms with Crippen molar-refractivity contribution in [2.24, 2.45) is 0 Å². The first-order valence-corrected chi connectivity index (χ1v) is 8.68. The largest absolute Gasteiger partial charge is 0.319 e. The highest BCUT2D eigenvalue weighted by Crippen LogP contribution is 2.26. The summed E-state index contributed by atoms with van der Waals surface area (Å²) in [5.74, 6) is -0.666. The van der Waals surface area contributed by atoms with Crippen LogP contribution in [0.1, 0.15) is 10.5 Å². The van der Waals surface area contributed by atoms with E-state index in [2.05, 4.69) is 31.4 Å². The molecule has 1 aromatic carbocycles. The maximum atomic E-state index is 12.1. The van der Waals surface area contributed by atoms with E-state index in [0.29, 0.717) is 14.9 Å². The Kier molecular flexibility index (Phi) is 4.57. The molecule has 0 aliphatic carbocycles. The van der Waals surface area contributed by atoms with Gasteiger partial charge in [-0.2, -0.15) is 0 Å². The quantitative estimate of drug-likeness (QED) is 0.833. The van der Waals surface area contributed by atoms with Crippen LogP contribution in [-0.4, -0.2) is 35.0 Å². The van der Waals surface area contributed by atoms with Crippen LogP contribution in [0, 0.1) is 0 Å². The Morgan fingerprint density at radius 1 is 1.33 bits per heavy atom. The van der Waals surface area contributed by atoms with Crippen LogP contribution >= 0.6 is 39.1 Å². The number of rotatable bonds is 3. The molecule has 112 valence electrons. The zero-order valence-corrected chi connectivity index (χ0v) is 14.3. The maximum absolute atomic E-state index is 12.1. The molecular weight excluding hydrogens is 407 g/mol. The van der Waals surface area contributed by atoms with Crippen molar-refractivity contribution < 1.29 is 13.2 Å². The van der Waals surface area contributed by atoms with Gasteiger partial charge in [0.25, 0.3) is 15.9 Å². The minimum absolute atomic E-state index is 0.00416. The van der Waals surface area contributed by atoms with E-state index in [9.17, 15) is 13.2 Å². The fourth-order valence-electron chi connectivity index (χ4n) is 1.33. The SMILES string of the molecule is CS(=O)(=O)n1nc(Br)c(C(=O)Nc2ccc(Cl)cc2Cl)n1. The van der Waals surface area contributed by atoms with Crippen LogP contribution in [0.4, 0.5) is 5.69 Å². The van der Waals surface area contributed by atoms with Gasteiger partial charge < -0.3 is 5.32 Å². The normalized spacial score (nSPS) is 11.4. The molecule has 0 saturated heterocycles. The van der Waals surface area contributed by atoms with Crippen LogP contribution in [-0.2, 0) is 10.0 Å². The number of benzene rings is 1. The number of hydrogen-bond acceptors (Lipinski definition) is 5. The van der Waals surface area contributed by atoms with Crippen molar-refractivity contribution in [1.29, 1.82) is 0 Å². The topological polar surface area (TPSA) is 94.0 Å². The number of carbonyl (C=O) groups is 1. The van der Waals surface area contributed by atoms with Gasteiger partial charge in [-0.25, -0.2) is 8.42 Å². The monoisotopic (exact) mass is 412 g/mol. The van der Waals surface area contributed by atoms with Crippen molar-refractivity contribution in [3.63, 3.8) is 0 Å². The fraction of sp³-hybridized carbons (Fsp3) is 0.100. The molecule has 0 aliphatic heterocycles. The molecule has 0 atom stereocenters. The lowest BCUT2D eigenvalue weighted by Gasteiger charge is -2.05. The first kappa shape index (κ1) is 16.2. The third-order valence-corrected chi connectivity index (χ3v) is 4.08. The van der Waals surface area contributed by atoms with Crippen molar-refractivity contribution in [2.45, 2.75) is 0 Å². The Bertz CT molecular complexity index is 822. The van der Waals surface area contributed by atoms with Crippen molar-refractivity contribution in [3.8, 4) is 0 Å². The maximum Gasteiger partial charge on any atom is 0.279 e. The smallest absolute Gasteiger partial charge is 0.279 e. The molecule has 0 unspecified atom stereocenters. The van der Waals surface area contributed by atoms with Gasteiger partial charge in [0.15, 0.2) is 10.3 Å². The molecule has 1 heterocycles. The zero-order valence-electron chi connectivity index (χ0n) is 10.3. The minimum atomic E-state index is -3.68. The summed E-state index contributed by atoms with van der Waals surface area (Å²) >= 11 is 14.7. The molecule has 11 heteroatoms. The van der Waals surface area contributed by atoms with Gasteiger partial charge in [-0.05, 0) is 34.1 Å². The van der Waals surface area contributed by atoms with Crippen molar-refractivity contribution in [1.82, 2.24) is 14.4 Å². The summed E-state index contributed by atoms with van der Waals surface area (Å²) < 4.78 is 23.1. The molecule has 2 rings (SSSR count). The summed E-state index contributed by atoms with van der Waals surface area (Å²) in [5, 5.41) is 10.4. The van der Waals surface area contributed by atoms with E-state index in [1.54, 1.807) is 6.07 Å². The Morgan fingerprint density at radius 2 is 2.00 bits per heavy atom. The number of hydrogen-bond donors (Lipinski definition) is 1. The highest BCUT2D eigenvalue weighted by molar-refractivity contribution is 9.10. The van der Waals surface area contributed by atoms with E-state index >= 15 is 0 Å². The van der Waals surface area contributed by atoms with E-state index in [0.717, 1.165) is 6.26 Å². The Hall–Kier alpha value is -1.16. The highest BCUT2D eigenvalue weighted by Gasteiger charge is 2.21. The summed E-state index contributed by atoms with van der Waals surface area (Å²) in [6.45, 7) is 0. The molecule has 0 aliphatic rings. The molecule has 21 heavy (non-hydrogen) atoms. The lowest BCUT2D eigenvalue weighted by molar-refractivity contribution is 0.102. The predicted molar refractivity (Wildman–Crippen MR) is 82.4 cm³/mol. The van der Waals surface area contributed by atoms with Crippen LogP contribution in [0.5, 0.6) is 0 Å². The van der Waals surface area contributed by atoms with E-state index in [4.69, 9.17) is 23.2 Å². The van der Waals surface area contributed by atoms with Gasteiger partial charge in [0.1, 0.15) is 0 Å². The average molecular weight is 414 g/mol. The lowest BCUT2D eigenvalue weighted by atomic mass is 10.3. The molecule has 0 saturated carbocycles. The summed E-state index contributed by atoms with van der Waals surface area (Å²) in [6.07, 6.45) is 0.914. The Morgan fingerprint density at radius 3 is 2.52 bits per heavy atom. The van der Waals surface area contributed by atoms with Crippen LogP contribution in [0.25, 0.3) is 0 Å². The molecule has 0 fully saturated rings. The molecule has 7 nitrogen and oxygen atoms in total. The Labute approximate surface area is 138 Å². The first-order chi connectivity index (χ1) is 9.68. The second-order valence-electron chi connectivity index (χ2n) is 3.90.